The highest BCUT2D eigenvalue weighted by atomic mass is 35.5. The number of halogens is 2. The number of piperidine rings is 1. The Balaban J connectivity index is 1.36. The Labute approximate surface area is 234 Å². The van der Waals surface area contributed by atoms with Crippen molar-refractivity contribution in [2.75, 3.05) is 57.4 Å². The van der Waals surface area contributed by atoms with Crippen LogP contribution < -0.4 is 4.90 Å². The van der Waals surface area contributed by atoms with Crippen molar-refractivity contribution in [1.29, 1.82) is 0 Å². The van der Waals surface area contributed by atoms with Crippen molar-refractivity contribution in [1.82, 2.24) is 14.2 Å². The van der Waals surface area contributed by atoms with Crippen molar-refractivity contribution in [3.63, 3.8) is 0 Å². The van der Waals surface area contributed by atoms with Crippen LogP contribution in [0.4, 0.5) is 5.13 Å². The second-order valence-electron chi connectivity index (χ2n) is 9.14. The molecule has 0 N–H and O–H groups in total. The van der Waals surface area contributed by atoms with Gasteiger partial charge in [-0.2, -0.15) is 4.31 Å². The van der Waals surface area contributed by atoms with Gasteiger partial charge in [-0.3, -0.25) is 14.6 Å². The summed E-state index contributed by atoms with van der Waals surface area (Å²) in [6, 6.07) is 8.72. The number of para-hydroxylation sites is 1. The highest BCUT2D eigenvalue weighted by Gasteiger charge is 2.36. The second-order valence-corrected chi connectivity index (χ2v) is 14.4. The highest BCUT2D eigenvalue weighted by Crippen LogP contribution is 2.35. The number of carbonyl (C=O) groups is 1. The van der Waals surface area contributed by atoms with Crippen molar-refractivity contribution < 1.29 is 17.9 Å². The quantitative estimate of drug-likeness (QED) is 0.367. The molecule has 0 bridgehead atoms. The minimum Gasteiger partial charge on any atom is -0.379 e. The average molecular weight is 604 g/mol. The van der Waals surface area contributed by atoms with Gasteiger partial charge in [0.05, 0.1) is 33.2 Å². The third-order valence-corrected chi connectivity index (χ3v) is 11.6. The molecule has 13 heteroatoms. The first kappa shape index (κ1) is 27.3. The van der Waals surface area contributed by atoms with Gasteiger partial charge in [0.25, 0.3) is 10.0 Å². The number of hydrogen-bond acceptors (Lipinski definition) is 8. The molecule has 37 heavy (non-hydrogen) atoms. The molecule has 200 valence electrons. The zero-order valence-electron chi connectivity index (χ0n) is 20.1. The van der Waals surface area contributed by atoms with Gasteiger partial charge in [-0.05, 0) is 43.5 Å². The number of morpholine rings is 1. The summed E-state index contributed by atoms with van der Waals surface area (Å²) in [5.41, 5.74) is 0.678. The van der Waals surface area contributed by atoms with Crippen LogP contribution in [0.1, 0.15) is 19.3 Å². The number of sulfonamides is 1. The maximum Gasteiger partial charge on any atom is 0.252 e. The van der Waals surface area contributed by atoms with Crippen molar-refractivity contribution in [2.45, 2.75) is 23.5 Å². The molecule has 2 aliphatic heterocycles. The zero-order chi connectivity index (χ0) is 26.0. The molecular weight excluding hydrogens is 575 g/mol. The minimum atomic E-state index is -3.71. The smallest absolute Gasteiger partial charge is 0.252 e. The first-order valence-corrected chi connectivity index (χ1v) is 16.1. The number of aromatic nitrogens is 1. The Hall–Kier alpha value is -1.31. The Bertz CT molecular complexity index is 1360. The number of rotatable bonds is 8. The van der Waals surface area contributed by atoms with Crippen molar-refractivity contribution >= 4 is 77.2 Å². The summed E-state index contributed by atoms with van der Waals surface area (Å²) in [5, 5.41) is 1.14. The fourth-order valence-corrected chi connectivity index (χ4v) is 9.20. The van der Waals surface area contributed by atoms with E-state index < -0.39 is 15.9 Å². The van der Waals surface area contributed by atoms with Gasteiger partial charge in [-0.1, -0.05) is 40.6 Å². The lowest BCUT2D eigenvalue weighted by atomic mass is 9.98. The minimum absolute atomic E-state index is 0.0960. The molecule has 2 saturated heterocycles. The SMILES string of the molecule is O=C(C1CCCN(S(=O)(=O)c2ccc(Cl)s2)C1)N(CCCN1CCOCC1)c1nc2c(Cl)cccc2s1. The van der Waals surface area contributed by atoms with Gasteiger partial charge in [-0.25, -0.2) is 13.4 Å². The lowest BCUT2D eigenvalue weighted by Crippen LogP contribution is -2.47. The zero-order valence-corrected chi connectivity index (χ0v) is 24.1. The first-order chi connectivity index (χ1) is 17.8. The van der Waals surface area contributed by atoms with Crippen LogP contribution in [0.2, 0.25) is 9.36 Å². The number of fused-ring (bicyclic) bond motifs is 1. The molecule has 1 atom stereocenters. The molecule has 0 aliphatic carbocycles. The number of carbonyl (C=O) groups excluding carboxylic acids is 1. The van der Waals surface area contributed by atoms with Crippen LogP contribution >= 0.6 is 45.9 Å². The number of amides is 1. The van der Waals surface area contributed by atoms with Crippen LogP contribution in [0, 0.1) is 5.92 Å². The topological polar surface area (TPSA) is 83.1 Å². The molecule has 0 radical (unpaired) electrons. The van der Waals surface area contributed by atoms with Crippen molar-refractivity contribution in [3.8, 4) is 0 Å². The summed E-state index contributed by atoms with van der Waals surface area (Å²) < 4.78 is 34.8. The second kappa shape index (κ2) is 11.8. The lowest BCUT2D eigenvalue weighted by Gasteiger charge is -2.34. The summed E-state index contributed by atoms with van der Waals surface area (Å²) in [7, 11) is -3.71. The molecule has 2 aromatic heterocycles. The highest BCUT2D eigenvalue weighted by molar-refractivity contribution is 7.91. The van der Waals surface area contributed by atoms with Gasteiger partial charge in [0.15, 0.2) is 5.13 Å². The summed E-state index contributed by atoms with van der Waals surface area (Å²) in [5.74, 6) is -0.550. The van der Waals surface area contributed by atoms with E-state index in [9.17, 15) is 13.2 Å². The third-order valence-electron chi connectivity index (χ3n) is 6.69. The normalized spacial score (nSPS) is 19.9. The molecule has 4 heterocycles. The summed E-state index contributed by atoms with van der Waals surface area (Å²) >= 11 is 14.8. The molecule has 2 aliphatic rings. The third kappa shape index (κ3) is 6.14. The fourth-order valence-electron chi connectivity index (χ4n) is 4.74. The molecular formula is C24H28Cl2N4O4S3. The van der Waals surface area contributed by atoms with Gasteiger partial charge in [0, 0.05) is 39.3 Å². The van der Waals surface area contributed by atoms with E-state index in [0.29, 0.717) is 45.9 Å². The number of hydrogen-bond donors (Lipinski definition) is 0. The predicted octanol–water partition coefficient (Wildman–Crippen LogP) is 4.82. The summed E-state index contributed by atoms with van der Waals surface area (Å²) in [6.07, 6.45) is 2.02. The summed E-state index contributed by atoms with van der Waals surface area (Å²) in [6.45, 7) is 5.08. The van der Waals surface area contributed by atoms with Crippen molar-refractivity contribution in [3.05, 3.63) is 39.7 Å². The summed E-state index contributed by atoms with van der Waals surface area (Å²) in [4.78, 5) is 22.7. The Kier molecular flexibility index (Phi) is 8.72. The van der Waals surface area contributed by atoms with E-state index in [2.05, 4.69) is 4.90 Å². The maximum atomic E-state index is 13.9. The van der Waals surface area contributed by atoms with E-state index in [1.807, 2.05) is 12.1 Å². The van der Waals surface area contributed by atoms with Gasteiger partial charge in [-0.15, -0.1) is 11.3 Å². The number of anilines is 1. The van der Waals surface area contributed by atoms with E-state index >= 15 is 0 Å². The van der Waals surface area contributed by atoms with Crippen LogP contribution in [0.15, 0.2) is 34.5 Å². The number of thiazole rings is 1. The van der Waals surface area contributed by atoms with Crippen LogP contribution in [-0.2, 0) is 19.6 Å². The van der Waals surface area contributed by atoms with E-state index in [1.165, 1.54) is 21.7 Å². The van der Waals surface area contributed by atoms with Crippen LogP contribution in [0.25, 0.3) is 10.2 Å². The largest absolute Gasteiger partial charge is 0.379 e. The number of nitrogens with zero attached hydrogens (tertiary/aromatic N) is 4. The molecule has 1 unspecified atom stereocenters. The first-order valence-electron chi connectivity index (χ1n) is 12.2. The van der Waals surface area contributed by atoms with Gasteiger partial charge >= 0.3 is 0 Å². The Morgan fingerprint density at radius 1 is 1.14 bits per heavy atom. The maximum absolute atomic E-state index is 13.9. The van der Waals surface area contributed by atoms with E-state index in [0.717, 1.165) is 55.3 Å². The van der Waals surface area contributed by atoms with E-state index in [4.69, 9.17) is 32.9 Å². The molecule has 5 rings (SSSR count). The van der Waals surface area contributed by atoms with E-state index in [1.54, 1.807) is 17.0 Å². The molecule has 0 saturated carbocycles. The number of benzene rings is 1. The number of ether oxygens (including phenoxy) is 1. The van der Waals surface area contributed by atoms with E-state index in [-0.39, 0.29) is 16.7 Å². The molecule has 1 amide bonds. The van der Waals surface area contributed by atoms with Crippen LogP contribution in [0.3, 0.4) is 0 Å². The fraction of sp³-hybridized carbons (Fsp3) is 0.500. The van der Waals surface area contributed by atoms with Crippen LogP contribution in [0.5, 0.6) is 0 Å². The average Bonchev–Trinajstić information content (AvgIpc) is 3.54. The molecule has 8 nitrogen and oxygen atoms in total. The number of thiophene rings is 1. The predicted molar refractivity (Wildman–Crippen MR) is 150 cm³/mol. The van der Waals surface area contributed by atoms with Crippen molar-refractivity contribution in [2.24, 2.45) is 5.92 Å². The molecule has 0 spiro atoms. The Morgan fingerprint density at radius 3 is 2.68 bits per heavy atom. The standard InChI is InChI=1S/C24H28Cl2N4O4S3/c25-18-5-1-6-19-22(18)27-24(35-19)30(11-3-9-28-12-14-34-15-13-28)23(31)17-4-2-10-29(16-17)37(32,33)21-8-7-20(26)36-21/h1,5-8,17H,2-4,9-16H2. The van der Waals surface area contributed by atoms with Crippen LogP contribution in [-0.4, -0.2) is 81.0 Å². The van der Waals surface area contributed by atoms with Gasteiger partial charge < -0.3 is 4.74 Å². The molecule has 1 aromatic carbocycles. The molecule has 2 fully saturated rings. The monoisotopic (exact) mass is 602 g/mol. The van der Waals surface area contributed by atoms with Gasteiger partial charge in [0.2, 0.25) is 5.91 Å². The lowest BCUT2D eigenvalue weighted by molar-refractivity contribution is -0.123. The molecule has 3 aromatic rings. The Morgan fingerprint density at radius 2 is 1.95 bits per heavy atom. The van der Waals surface area contributed by atoms with Gasteiger partial charge in [0.1, 0.15) is 9.73 Å².